The molecule has 0 bridgehead atoms. The first-order chi connectivity index (χ1) is 14.2. The minimum atomic E-state index is -0.756. The van der Waals surface area contributed by atoms with Crippen LogP contribution in [0.1, 0.15) is 29.8 Å². The van der Waals surface area contributed by atoms with Crippen LogP contribution in [0, 0.1) is 23.0 Å². The normalized spacial score (nSPS) is 11.8. The Hall–Kier alpha value is -2.58. The van der Waals surface area contributed by atoms with Gasteiger partial charge in [-0.3, -0.25) is 19.7 Å². The van der Waals surface area contributed by atoms with Crippen LogP contribution >= 0.6 is 23.4 Å². The molecular formula is C21H24ClN3O4S. The van der Waals surface area contributed by atoms with Gasteiger partial charge in [0.2, 0.25) is 5.91 Å². The zero-order valence-electron chi connectivity index (χ0n) is 17.0. The first-order valence-electron chi connectivity index (χ1n) is 9.41. The predicted molar refractivity (Wildman–Crippen MR) is 119 cm³/mol. The molecule has 2 rings (SSSR count). The summed E-state index contributed by atoms with van der Waals surface area (Å²) < 4.78 is 0. The summed E-state index contributed by atoms with van der Waals surface area (Å²) in [5, 5.41) is 16.3. The van der Waals surface area contributed by atoms with Crippen LogP contribution in [-0.2, 0) is 4.79 Å². The van der Waals surface area contributed by atoms with Crippen LogP contribution in [0.5, 0.6) is 0 Å². The number of nitrogens with one attached hydrogen (secondary N) is 2. The van der Waals surface area contributed by atoms with E-state index in [9.17, 15) is 19.7 Å². The van der Waals surface area contributed by atoms with Gasteiger partial charge in [0, 0.05) is 29.3 Å². The zero-order chi connectivity index (χ0) is 22.3. The molecule has 0 radical (unpaired) electrons. The van der Waals surface area contributed by atoms with E-state index in [1.165, 1.54) is 17.7 Å². The van der Waals surface area contributed by atoms with E-state index in [1.807, 2.05) is 45.0 Å². The number of amides is 2. The monoisotopic (exact) mass is 449 g/mol. The van der Waals surface area contributed by atoms with Crippen LogP contribution < -0.4 is 10.6 Å². The van der Waals surface area contributed by atoms with Gasteiger partial charge >= 0.3 is 0 Å². The van der Waals surface area contributed by atoms with E-state index in [0.29, 0.717) is 12.3 Å². The Kier molecular flexibility index (Phi) is 8.68. The maximum Gasteiger partial charge on any atom is 0.270 e. The van der Waals surface area contributed by atoms with Crippen molar-refractivity contribution in [3.05, 3.63) is 68.7 Å². The van der Waals surface area contributed by atoms with Crippen LogP contribution in [0.15, 0.2) is 47.4 Å². The highest BCUT2D eigenvalue weighted by Crippen LogP contribution is 2.23. The van der Waals surface area contributed by atoms with E-state index in [2.05, 4.69) is 10.6 Å². The zero-order valence-corrected chi connectivity index (χ0v) is 18.5. The van der Waals surface area contributed by atoms with Gasteiger partial charge in [0.05, 0.1) is 15.5 Å². The molecule has 30 heavy (non-hydrogen) atoms. The molecular weight excluding hydrogens is 426 g/mol. The average molecular weight is 450 g/mol. The highest BCUT2D eigenvalue weighted by Gasteiger charge is 2.25. The van der Waals surface area contributed by atoms with Crippen LogP contribution in [0.3, 0.4) is 0 Å². The minimum absolute atomic E-state index is 0.0425. The Morgan fingerprint density at radius 2 is 1.83 bits per heavy atom. The fourth-order valence-corrected chi connectivity index (χ4v) is 3.67. The summed E-state index contributed by atoms with van der Waals surface area (Å²) in [4.78, 5) is 36.5. The number of aryl methyl sites for hydroxylation is 1. The first kappa shape index (κ1) is 23.7. The summed E-state index contributed by atoms with van der Waals surface area (Å²) in [5.74, 6) is -0.309. The van der Waals surface area contributed by atoms with Gasteiger partial charge in [0.25, 0.3) is 11.6 Å². The number of halogens is 1. The molecule has 0 fully saturated rings. The summed E-state index contributed by atoms with van der Waals surface area (Å²) in [6.45, 7) is 6.12. The lowest BCUT2D eigenvalue weighted by molar-refractivity contribution is -0.384. The molecule has 7 nitrogen and oxygen atoms in total. The molecule has 2 aromatic rings. The number of hydrogen-bond acceptors (Lipinski definition) is 5. The van der Waals surface area contributed by atoms with Crippen molar-refractivity contribution >= 4 is 40.9 Å². The second-order valence-corrected chi connectivity index (χ2v) is 8.64. The molecule has 0 aliphatic rings. The molecule has 160 valence electrons. The number of nitro benzene ring substituents is 1. The highest BCUT2D eigenvalue weighted by molar-refractivity contribution is 7.99. The topological polar surface area (TPSA) is 101 Å². The molecule has 0 saturated carbocycles. The van der Waals surface area contributed by atoms with E-state index in [4.69, 9.17) is 11.6 Å². The van der Waals surface area contributed by atoms with Gasteiger partial charge in [0.15, 0.2) is 0 Å². The first-order valence-corrected chi connectivity index (χ1v) is 10.8. The Balaban J connectivity index is 1.92. The summed E-state index contributed by atoms with van der Waals surface area (Å²) in [5.41, 5.74) is 1.06. The Bertz CT molecular complexity index is 919. The van der Waals surface area contributed by atoms with Crippen LogP contribution in [0.4, 0.5) is 5.69 Å². The molecule has 2 aromatic carbocycles. The quantitative estimate of drug-likeness (QED) is 0.258. The van der Waals surface area contributed by atoms with Gasteiger partial charge in [-0.05, 0) is 31.0 Å². The van der Waals surface area contributed by atoms with Gasteiger partial charge in [-0.2, -0.15) is 0 Å². The molecule has 0 aliphatic heterocycles. The Morgan fingerprint density at radius 3 is 2.40 bits per heavy atom. The van der Waals surface area contributed by atoms with Crippen molar-refractivity contribution in [2.75, 3.05) is 12.3 Å². The largest absolute Gasteiger partial charge is 0.353 e. The summed E-state index contributed by atoms with van der Waals surface area (Å²) in [6, 6.07) is 11.0. The Labute approximate surface area is 184 Å². The van der Waals surface area contributed by atoms with Crippen molar-refractivity contribution in [1.82, 2.24) is 10.6 Å². The van der Waals surface area contributed by atoms with E-state index in [-0.39, 0.29) is 28.1 Å². The van der Waals surface area contributed by atoms with Crippen LogP contribution in [-0.4, -0.2) is 35.1 Å². The third-order valence-corrected chi connectivity index (χ3v) is 5.66. The molecule has 1 atom stereocenters. The summed E-state index contributed by atoms with van der Waals surface area (Å²) >= 11 is 7.65. The third kappa shape index (κ3) is 6.74. The molecule has 0 aromatic heterocycles. The van der Waals surface area contributed by atoms with Crippen molar-refractivity contribution in [2.45, 2.75) is 31.7 Å². The number of non-ortho nitro benzene ring substituents is 1. The van der Waals surface area contributed by atoms with Crippen molar-refractivity contribution in [3.63, 3.8) is 0 Å². The molecule has 0 spiro atoms. The van der Waals surface area contributed by atoms with E-state index < -0.39 is 16.9 Å². The second-order valence-electron chi connectivity index (χ2n) is 7.07. The molecule has 2 amide bonds. The van der Waals surface area contributed by atoms with Gasteiger partial charge in [-0.25, -0.2) is 0 Å². The predicted octanol–water partition coefficient (Wildman–Crippen LogP) is 4.22. The lowest BCUT2D eigenvalue weighted by Crippen LogP contribution is -2.50. The van der Waals surface area contributed by atoms with Gasteiger partial charge < -0.3 is 10.6 Å². The summed E-state index contributed by atoms with van der Waals surface area (Å²) in [7, 11) is 0. The molecule has 9 heteroatoms. The molecule has 2 N–H and O–H groups in total. The van der Waals surface area contributed by atoms with Crippen molar-refractivity contribution in [2.24, 2.45) is 5.92 Å². The fraction of sp³-hybridized carbons (Fsp3) is 0.333. The smallest absolute Gasteiger partial charge is 0.270 e. The van der Waals surface area contributed by atoms with E-state index >= 15 is 0 Å². The van der Waals surface area contributed by atoms with E-state index in [0.717, 1.165) is 11.0 Å². The van der Waals surface area contributed by atoms with Gasteiger partial charge in [-0.15, -0.1) is 11.8 Å². The maximum absolute atomic E-state index is 12.6. The highest BCUT2D eigenvalue weighted by atomic mass is 35.5. The number of benzene rings is 2. The fourth-order valence-electron chi connectivity index (χ4n) is 2.64. The number of thioether (sulfide) groups is 1. The SMILES string of the molecule is Cc1ccc(SCCNC(=O)C(NC(=O)c2ccc([N+](=O)[O-])cc2Cl)C(C)C)cc1. The number of hydrogen-bond donors (Lipinski definition) is 2. The second kappa shape index (κ2) is 11.0. The third-order valence-electron chi connectivity index (χ3n) is 4.33. The van der Waals surface area contributed by atoms with Gasteiger partial charge in [-0.1, -0.05) is 43.1 Å². The van der Waals surface area contributed by atoms with E-state index in [1.54, 1.807) is 11.8 Å². The van der Waals surface area contributed by atoms with Crippen LogP contribution in [0.2, 0.25) is 5.02 Å². The van der Waals surface area contributed by atoms with Crippen LogP contribution in [0.25, 0.3) is 0 Å². The number of nitrogens with zero attached hydrogens (tertiary/aromatic N) is 1. The lowest BCUT2D eigenvalue weighted by atomic mass is 10.0. The van der Waals surface area contributed by atoms with Gasteiger partial charge in [0.1, 0.15) is 6.04 Å². The number of nitro groups is 1. The van der Waals surface area contributed by atoms with Crippen molar-refractivity contribution in [1.29, 1.82) is 0 Å². The molecule has 0 saturated heterocycles. The molecule has 0 aliphatic carbocycles. The van der Waals surface area contributed by atoms with Crippen molar-refractivity contribution < 1.29 is 14.5 Å². The lowest BCUT2D eigenvalue weighted by Gasteiger charge is -2.22. The van der Waals surface area contributed by atoms with Crippen molar-refractivity contribution in [3.8, 4) is 0 Å². The maximum atomic E-state index is 12.6. The minimum Gasteiger partial charge on any atom is -0.353 e. The number of carbonyl (C=O) groups is 2. The number of rotatable bonds is 9. The Morgan fingerprint density at radius 1 is 1.17 bits per heavy atom. The number of carbonyl (C=O) groups excluding carboxylic acids is 2. The molecule has 0 heterocycles. The summed E-state index contributed by atoms with van der Waals surface area (Å²) in [6.07, 6.45) is 0. The molecule has 1 unspecified atom stereocenters. The standard InChI is InChI=1S/C21H24ClN3O4S/c1-13(2)19(21(27)23-10-11-30-16-7-4-14(3)5-8-16)24-20(26)17-9-6-15(25(28)29)12-18(17)22/h4-9,12-13,19H,10-11H2,1-3H3,(H,23,27)(H,24,26). The average Bonchev–Trinajstić information content (AvgIpc) is 2.69.